The van der Waals surface area contributed by atoms with E-state index in [1.165, 1.54) is 0 Å². The van der Waals surface area contributed by atoms with Crippen molar-refractivity contribution in [2.45, 2.75) is 0 Å². The molecule has 0 saturated heterocycles. The topological polar surface area (TPSA) is 15.3 Å². The third kappa shape index (κ3) is 4.26. The average molecular weight is 311 g/mol. The molecule has 0 aliphatic rings. The molecule has 2 nitrogen and oxygen atoms in total. The zero-order valence-electron chi connectivity index (χ0n) is 4.20. The van der Waals surface area contributed by atoms with Crippen molar-refractivity contribution >= 4 is 47.8 Å². The second kappa shape index (κ2) is 6.48. The van der Waals surface area contributed by atoms with Crippen molar-refractivity contribution in [3.05, 3.63) is 0 Å². The van der Waals surface area contributed by atoms with Gasteiger partial charge in [0.25, 0.3) is 0 Å². The molecule has 0 saturated carbocycles. The van der Waals surface area contributed by atoms with Crippen LogP contribution in [0.15, 0.2) is 0 Å². The van der Waals surface area contributed by atoms with Gasteiger partial charge in [0.1, 0.15) is 0 Å². The third-order valence-electron chi connectivity index (χ3n) is 0.572. The summed E-state index contributed by atoms with van der Waals surface area (Å²) in [5, 5.41) is 1.97. The molecule has 8 heavy (non-hydrogen) atoms. The van der Waals surface area contributed by atoms with Crippen LogP contribution in [0.5, 0.6) is 0 Å². The molecule has 1 N–H and O–H groups in total. The Hall–Kier alpha value is 1.36. The van der Waals surface area contributed by atoms with Crippen molar-refractivity contribution in [2.24, 2.45) is 0 Å². The van der Waals surface area contributed by atoms with Gasteiger partial charge in [-0.25, -0.2) is 10.4 Å². The zero-order chi connectivity index (χ0) is 6.41. The fraction of sp³-hybridized carbons (Fsp3) is 1.00. The molecule has 0 spiro atoms. The standard InChI is InChI=1S/C3H7Br3N2/c4-1-7-8(2-5)3-6/h7H,1-3H2. The summed E-state index contributed by atoms with van der Waals surface area (Å²) in [5.74, 6) is 0. The van der Waals surface area contributed by atoms with Crippen LogP contribution >= 0.6 is 47.8 Å². The van der Waals surface area contributed by atoms with Gasteiger partial charge >= 0.3 is 0 Å². The van der Waals surface area contributed by atoms with E-state index in [-0.39, 0.29) is 0 Å². The molecule has 0 aromatic rings. The zero-order valence-corrected chi connectivity index (χ0v) is 8.96. The van der Waals surface area contributed by atoms with Crippen LogP contribution in [0.25, 0.3) is 0 Å². The Bertz CT molecular complexity index is 47.8. The Morgan fingerprint density at radius 2 is 1.62 bits per heavy atom. The highest BCUT2D eigenvalue weighted by atomic mass is 79.9. The van der Waals surface area contributed by atoms with E-state index in [4.69, 9.17) is 0 Å². The van der Waals surface area contributed by atoms with Gasteiger partial charge in [-0.3, -0.25) is 0 Å². The highest BCUT2D eigenvalue weighted by Crippen LogP contribution is 1.92. The lowest BCUT2D eigenvalue weighted by atomic mass is 11.1. The van der Waals surface area contributed by atoms with Crippen LogP contribution < -0.4 is 5.43 Å². The summed E-state index contributed by atoms with van der Waals surface area (Å²) in [4.78, 5) is 0. The predicted molar refractivity (Wildman–Crippen MR) is 46.4 cm³/mol. The summed E-state index contributed by atoms with van der Waals surface area (Å²) in [6.07, 6.45) is 0. The summed E-state index contributed by atoms with van der Waals surface area (Å²) in [6.45, 7) is 0. The fourth-order valence-corrected chi connectivity index (χ4v) is 1.74. The number of hydrogen-bond acceptors (Lipinski definition) is 2. The summed E-state index contributed by atoms with van der Waals surface area (Å²) in [7, 11) is 0. The molecule has 0 aromatic heterocycles. The van der Waals surface area contributed by atoms with Crippen molar-refractivity contribution in [1.29, 1.82) is 0 Å². The van der Waals surface area contributed by atoms with Crippen LogP contribution in [0, 0.1) is 0 Å². The molecule has 0 fully saturated rings. The van der Waals surface area contributed by atoms with Crippen LogP contribution in [0.1, 0.15) is 0 Å². The monoisotopic (exact) mass is 308 g/mol. The Morgan fingerprint density at radius 1 is 1.12 bits per heavy atom. The lowest BCUT2D eigenvalue weighted by molar-refractivity contribution is 0.296. The normalized spacial score (nSPS) is 10.5. The molecule has 5 heteroatoms. The van der Waals surface area contributed by atoms with Gasteiger partial charge in [0, 0.05) is 0 Å². The number of hydrogen-bond donors (Lipinski definition) is 1. The van der Waals surface area contributed by atoms with Crippen LogP contribution in [0.4, 0.5) is 0 Å². The first-order chi connectivity index (χ1) is 3.85. The molecule has 0 radical (unpaired) electrons. The van der Waals surface area contributed by atoms with Crippen LogP contribution in [0.3, 0.4) is 0 Å². The van der Waals surface area contributed by atoms with E-state index in [1.54, 1.807) is 0 Å². The maximum Gasteiger partial charge on any atom is 0.0695 e. The number of alkyl halides is 3. The van der Waals surface area contributed by atoms with Gasteiger partial charge in [-0.2, -0.15) is 0 Å². The van der Waals surface area contributed by atoms with Crippen molar-refractivity contribution in [3.8, 4) is 0 Å². The predicted octanol–water partition coefficient (Wildman–Crippen LogP) is 1.85. The highest BCUT2D eigenvalue weighted by Gasteiger charge is 1.94. The van der Waals surface area contributed by atoms with Crippen molar-refractivity contribution in [3.63, 3.8) is 0 Å². The summed E-state index contributed by atoms with van der Waals surface area (Å²) < 4.78 is 0. The van der Waals surface area contributed by atoms with E-state index in [2.05, 4.69) is 53.2 Å². The SMILES string of the molecule is BrCNN(CBr)CBr. The van der Waals surface area contributed by atoms with E-state index >= 15 is 0 Å². The van der Waals surface area contributed by atoms with E-state index < -0.39 is 0 Å². The first-order valence-electron chi connectivity index (χ1n) is 2.01. The molecule has 0 unspecified atom stereocenters. The minimum absolute atomic E-state index is 0.782. The van der Waals surface area contributed by atoms with Crippen LogP contribution in [0.2, 0.25) is 0 Å². The molecule has 50 valence electrons. The summed E-state index contributed by atoms with van der Waals surface area (Å²) in [5.41, 5.74) is 5.47. The summed E-state index contributed by atoms with van der Waals surface area (Å²) in [6, 6.07) is 0. The van der Waals surface area contributed by atoms with Gasteiger partial charge in [0.2, 0.25) is 0 Å². The number of halogens is 3. The van der Waals surface area contributed by atoms with Gasteiger partial charge in [-0.15, -0.1) is 0 Å². The second-order valence-electron chi connectivity index (χ2n) is 1.07. The molecule has 0 bridgehead atoms. The lowest BCUT2D eigenvalue weighted by Crippen LogP contribution is -2.34. The largest absolute Gasteiger partial charge is 0.243 e. The number of rotatable bonds is 4. The first kappa shape index (κ1) is 9.36. The Labute approximate surface area is 74.4 Å². The molecule has 0 atom stereocenters. The third-order valence-corrected chi connectivity index (χ3v) is 2.03. The van der Waals surface area contributed by atoms with Gasteiger partial charge in [0.05, 0.1) is 16.4 Å². The van der Waals surface area contributed by atoms with Crippen LogP contribution in [-0.4, -0.2) is 21.4 Å². The fourth-order valence-electron chi connectivity index (χ4n) is 0.201. The molecule has 0 heterocycles. The van der Waals surface area contributed by atoms with Crippen LogP contribution in [-0.2, 0) is 0 Å². The number of hydrazine groups is 1. The molecule has 0 rings (SSSR count). The molecule has 0 aliphatic carbocycles. The molecule has 0 aromatic carbocycles. The van der Waals surface area contributed by atoms with Gasteiger partial charge in [-0.05, 0) is 0 Å². The Balaban J connectivity index is 3.07. The van der Waals surface area contributed by atoms with Gasteiger partial charge in [0.15, 0.2) is 0 Å². The maximum atomic E-state index is 3.29. The molecular weight excluding hydrogens is 304 g/mol. The smallest absolute Gasteiger partial charge is 0.0695 e. The van der Waals surface area contributed by atoms with Crippen molar-refractivity contribution in [2.75, 3.05) is 16.4 Å². The minimum Gasteiger partial charge on any atom is -0.243 e. The molecule has 0 amide bonds. The second-order valence-corrected chi connectivity index (χ2v) is 2.63. The summed E-state index contributed by atoms with van der Waals surface area (Å²) >= 11 is 9.82. The number of nitrogens with one attached hydrogen (secondary N) is 1. The Morgan fingerprint density at radius 3 is 1.75 bits per heavy atom. The van der Waals surface area contributed by atoms with Crippen molar-refractivity contribution < 1.29 is 0 Å². The average Bonchev–Trinajstić information content (AvgIpc) is 1.83. The molecule has 0 aliphatic heterocycles. The highest BCUT2D eigenvalue weighted by molar-refractivity contribution is 9.09. The van der Waals surface area contributed by atoms with E-state index in [0.29, 0.717) is 0 Å². The van der Waals surface area contributed by atoms with Gasteiger partial charge in [-0.1, -0.05) is 47.8 Å². The van der Waals surface area contributed by atoms with E-state index in [9.17, 15) is 0 Å². The minimum atomic E-state index is 0.782. The van der Waals surface area contributed by atoms with Crippen molar-refractivity contribution in [1.82, 2.24) is 10.4 Å². The number of nitrogens with zero attached hydrogens (tertiary/aromatic N) is 1. The first-order valence-corrected chi connectivity index (χ1v) is 5.38. The maximum absolute atomic E-state index is 3.29. The Kier molecular flexibility index (Phi) is 7.58. The van der Waals surface area contributed by atoms with E-state index in [0.717, 1.165) is 16.4 Å². The van der Waals surface area contributed by atoms with Gasteiger partial charge < -0.3 is 0 Å². The lowest BCUT2D eigenvalue weighted by Gasteiger charge is -2.14. The quantitative estimate of drug-likeness (QED) is 0.484. The molecular formula is C3H7Br3N2. The van der Waals surface area contributed by atoms with E-state index in [1.807, 2.05) is 5.01 Å².